The van der Waals surface area contributed by atoms with Gasteiger partial charge in [-0.05, 0) is 38.6 Å². The third kappa shape index (κ3) is 27.0. The Bertz CT molecular complexity index is 585. The van der Waals surface area contributed by atoms with Crippen molar-refractivity contribution in [1.29, 1.82) is 0 Å². The summed E-state index contributed by atoms with van der Waals surface area (Å²) in [5, 5.41) is 33.0. The van der Waals surface area contributed by atoms with Crippen LogP contribution in [0.15, 0.2) is 4.99 Å². The van der Waals surface area contributed by atoms with Crippen LogP contribution in [0.25, 0.3) is 0 Å². The number of carboxylic acid groups (broad SMARTS) is 4. The molecular formula is C17H37N7O8. The summed E-state index contributed by atoms with van der Waals surface area (Å²) in [6, 6.07) is -2.60. The molecule has 0 radical (unpaired) electrons. The van der Waals surface area contributed by atoms with Crippen LogP contribution in [-0.4, -0.2) is 81.5 Å². The number of nitrogens with two attached hydrogens (primary N) is 6. The minimum atomic E-state index is -1.17. The Labute approximate surface area is 185 Å². The van der Waals surface area contributed by atoms with Crippen LogP contribution in [0, 0.1) is 0 Å². The zero-order valence-electron chi connectivity index (χ0n) is 17.9. The van der Waals surface area contributed by atoms with Crippen molar-refractivity contribution in [3.63, 3.8) is 0 Å². The molecule has 0 fully saturated rings. The topological polar surface area (TPSA) is 318 Å². The molecule has 0 spiro atoms. The monoisotopic (exact) mass is 467 g/mol. The second-order valence-electron chi connectivity index (χ2n) is 6.50. The number of hydrogen-bond acceptors (Lipinski definition) is 9. The first-order valence-corrected chi connectivity index (χ1v) is 9.68. The Balaban J connectivity index is -0.000000397. The molecule has 0 aromatic rings. The molecule has 0 rings (SSSR count). The van der Waals surface area contributed by atoms with Crippen molar-refractivity contribution in [2.24, 2.45) is 39.4 Å². The van der Waals surface area contributed by atoms with Gasteiger partial charge in [-0.15, -0.1) is 0 Å². The predicted molar refractivity (Wildman–Crippen MR) is 117 cm³/mol. The van der Waals surface area contributed by atoms with Crippen LogP contribution in [0.2, 0.25) is 0 Å². The molecule has 15 nitrogen and oxygen atoms in total. The highest BCUT2D eigenvalue weighted by molar-refractivity contribution is 5.76. The molecule has 32 heavy (non-hydrogen) atoms. The van der Waals surface area contributed by atoms with Crippen LogP contribution in [0.3, 0.4) is 0 Å². The molecule has 0 aliphatic heterocycles. The molecule has 3 atom stereocenters. The maximum absolute atomic E-state index is 10.2. The molecule has 0 amide bonds. The van der Waals surface area contributed by atoms with Gasteiger partial charge < -0.3 is 54.8 Å². The van der Waals surface area contributed by atoms with Crippen LogP contribution >= 0.6 is 0 Å². The van der Waals surface area contributed by atoms with Crippen LogP contribution in [0.4, 0.5) is 0 Å². The number of carboxylic acids is 4. The van der Waals surface area contributed by atoms with E-state index in [1.165, 1.54) is 0 Å². The smallest absolute Gasteiger partial charge is 0.320 e. The number of carbonyl (C=O) groups is 4. The lowest BCUT2D eigenvalue weighted by molar-refractivity contribution is -0.141. The van der Waals surface area contributed by atoms with E-state index in [2.05, 4.69) is 4.99 Å². The highest BCUT2D eigenvalue weighted by atomic mass is 16.4. The van der Waals surface area contributed by atoms with E-state index in [-0.39, 0.29) is 18.8 Å². The van der Waals surface area contributed by atoms with Crippen molar-refractivity contribution >= 4 is 29.8 Å². The van der Waals surface area contributed by atoms with Crippen LogP contribution in [-0.2, 0) is 19.2 Å². The van der Waals surface area contributed by atoms with Gasteiger partial charge >= 0.3 is 23.9 Å². The first-order valence-electron chi connectivity index (χ1n) is 9.68. The Hall–Kier alpha value is -3.01. The van der Waals surface area contributed by atoms with E-state index in [0.717, 1.165) is 12.8 Å². The highest BCUT2D eigenvalue weighted by Gasteiger charge is 2.12. The van der Waals surface area contributed by atoms with E-state index in [1.54, 1.807) is 0 Å². The largest absolute Gasteiger partial charge is 0.481 e. The van der Waals surface area contributed by atoms with Gasteiger partial charge in [-0.25, -0.2) is 0 Å². The van der Waals surface area contributed by atoms with Crippen molar-refractivity contribution in [3.8, 4) is 0 Å². The average molecular weight is 468 g/mol. The predicted octanol–water partition coefficient (Wildman–Crippen LogP) is -2.76. The molecule has 0 bridgehead atoms. The molecule has 0 aromatic carbocycles. The van der Waals surface area contributed by atoms with E-state index in [1.807, 2.05) is 0 Å². The maximum atomic E-state index is 10.2. The molecular weight excluding hydrogens is 430 g/mol. The standard InChI is InChI=1S/C6H14N4O2.C6H14N2O2.C5H9NO4/c7-4(5(11)12)2-1-3-10-6(8)9;7-4-2-1-3-5(8)6(9)10;6-3(5(9)10)1-2-4(7)8/h4H,1-3,7H2,(H,11,12)(H4,8,9,10);5H,1-4,7-8H2,(H,9,10);3H,1-2,6H2,(H,7,8)(H,9,10)/t4-;5-;3-/m000/s1. The molecule has 0 heterocycles. The number of unbranched alkanes of at least 4 members (excludes halogenated alkanes) is 1. The molecule has 0 unspecified atom stereocenters. The summed E-state index contributed by atoms with van der Waals surface area (Å²) in [6.45, 7) is 1.02. The first-order chi connectivity index (χ1) is 14.8. The van der Waals surface area contributed by atoms with Gasteiger partial charge in [0, 0.05) is 13.0 Å². The molecule has 188 valence electrons. The van der Waals surface area contributed by atoms with Crippen molar-refractivity contribution < 1.29 is 39.6 Å². The van der Waals surface area contributed by atoms with Gasteiger partial charge in [-0.2, -0.15) is 0 Å². The molecule has 0 saturated heterocycles. The quantitative estimate of drug-likeness (QED) is 0.0702. The Morgan fingerprint density at radius 1 is 0.688 bits per heavy atom. The molecule has 0 aliphatic rings. The second kappa shape index (κ2) is 21.2. The van der Waals surface area contributed by atoms with Gasteiger partial charge in [0.15, 0.2) is 5.96 Å². The summed E-state index contributed by atoms with van der Waals surface area (Å²) in [5.41, 5.74) is 30.7. The zero-order chi connectivity index (χ0) is 25.7. The molecule has 0 saturated carbocycles. The fourth-order valence-corrected chi connectivity index (χ4v) is 1.68. The average Bonchev–Trinajstić information content (AvgIpc) is 2.69. The summed E-state index contributed by atoms with van der Waals surface area (Å²) in [4.78, 5) is 43.9. The molecule has 0 aromatic heterocycles. The minimum absolute atomic E-state index is 0.0129. The zero-order valence-corrected chi connectivity index (χ0v) is 17.9. The Morgan fingerprint density at radius 2 is 1.09 bits per heavy atom. The second-order valence-corrected chi connectivity index (χ2v) is 6.50. The number of aliphatic imine (C=N–C) groups is 1. The first kappa shape index (κ1) is 33.6. The summed E-state index contributed by atoms with van der Waals surface area (Å²) in [7, 11) is 0. The minimum Gasteiger partial charge on any atom is -0.481 e. The van der Waals surface area contributed by atoms with Crippen LogP contribution in [0.1, 0.15) is 44.9 Å². The lowest BCUT2D eigenvalue weighted by Crippen LogP contribution is -2.30. The number of hydrogen-bond donors (Lipinski definition) is 10. The fraction of sp³-hybridized carbons (Fsp3) is 0.706. The maximum Gasteiger partial charge on any atom is 0.320 e. The van der Waals surface area contributed by atoms with E-state index in [4.69, 9.17) is 54.8 Å². The van der Waals surface area contributed by atoms with Gasteiger partial charge in [0.25, 0.3) is 0 Å². The summed E-state index contributed by atoms with van der Waals surface area (Å²) < 4.78 is 0. The van der Waals surface area contributed by atoms with Crippen LogP contribution in [0.5, 0.6) is 0 Å². The molecule has 15 heteroatoms. The van der Waals surface area contributed by atoms with E-state index < -0.39 is 42.0 Å². The van der Waals surface area contributed by atoms with Gasteiger partial charge in [-0.1, -0.05) is 6.42 Å². The van der Waals surface area contributed by atoms with Gasteiger partial charge in [-0.3, -0.25) is 24.2 Å². The lowest BCUT2D eigenvalue weighted by Gasteiger charge is -2.03. The van der Waals surface area contributed by atoms with Crippen molar-refractivity contribution in [3.05, 3.63) is 0 Å². The van der Waals surface area contributed by atoms with Crippen LogP contribution < -0.4 is 34.4 Å². The number of rotatable bonds is 14. The third-order valence-corrected chi connectivity index (χ3v) is 3.56. The molecule has 16 N–H and O–H groups in total. The summed E-state index contributed by atoms with van der Waals surface area (Å²) in [6.07, 6.45) is 2.90. The van der Waals surface area contributed by atoms with E-state index in [0.29, 0.717) is 32.4 Å². The van der Waals surface area contributed by atoms with Crippen molar-refractivity contribution in [1.82, 2.24) is 0 Å². The van der Waals surface area contributed by atoms with Crippen molar-refractivity contribution in [2.75, 3.05) is 13.1 Å². The van der Waals surface area contributed by atoms with Gasteiger partial charge in [0.2, 0.25) is 0 Å². The third-order valence-electron chi connectivity index (χ3n) is 3.56. The number of guanidine groups is 1. The van der Waals surface area contributed by atoms with E-state index >= 15 is 0 Å². The normalized spacial score (nSPS) is 12.5. The summed E-state index contributed by atoms with van der Waals surface area (Å²) in [5.74, 6) is -4.12. The Morgan fingerprint density at radius 3 is 1.44 bits per heavy atom. The van der Waals surface area contributed by atoms with E-state index in [9.17, 15) is 19.2 Å². The molecule has 0 aliphatic carbocycles. The van der Waals surface area contributed by atoms with Crippen molar-refractivity contribution in [2.45, 2.75) is 63.1 Å². The number of nitrogens with zero attached hydrogens (tertiary/aromatic N) is 1. The Kier molecular flexibility index (Phi) is 22.3. The van der Waals surface area contributed by atoms with Gasteiger partial charge in [0.05, 0.1) is 0 Å². The number of aliphatic carboxylic acids is 4. The fourth-order valence-electron chi connectivity index (χ4n) is 1.68. The highest BCUT2D eigenvalue weighted by Crippen LogP contribution is 1.97. The lowest BCUT2D eigenvalue weighted by atomic mass is 10.1. The summed E-state index contributed by atoms with van der Waals surface area (Å²) >= 11 is 0. The van der Waals surface area contributed by atoms with Gasteiger partial charge in [0.1, 0.15) is 18.1 Å². The SMILES string of the molecule is NC(N)=NCCC[C@H](N)C(=O)O.NCCCC[C@H](N)C(=O)O.N[C@@H](CCC(=O)O)C(=O)O.